The quantitative estimate of drug-likeness (QED) is 0.737. The molecule has 5 nitrogen and oxygen atoms in total. The van der Waals surface area contributed by atoms with Gasteiger partial charge in [0.2, 0.25) is 0 Å². The number of aryl methyl sites for hydroxylation is 1. The number of benzene rings is 1. The van der Waals surface area contributed by atoms with Crippen molar-refractivity contribution in [1.29, 1.82) is 0 Å². The summed E-state index contributed by atoms with van der Waals surface area (Å²) >= 11 is 0. The van der Waals surface area contributed by atoms with Crippen LogP contribution < -0.4 is 15.0 Å². The minimum absolute atomic E-state index is 0.725. The van der Waals surface area contributed by atoms with Crippen LogP contribution in [0.1, 0.15) is 18.2 Å². The number of anilines is 2. The predicted octanol–water partition coefficient (Wildman–Crippen LogP) is 4.02. The Bertz CT molecular complexity index is 879. The molecule has 0 radical (unpaired) electrons. The first kappa shape index (κ1) is 17.0. The summed E-state index contributed by atoms with van der Waals surface area (Å²) in [7, 11) is 3.72. The Hall–Kier alpha value is -2.82. The molecule has 0 saturated heterocycles. The highest BCUT2D eigenvalue weighted by Gasteiger charge is 2.09. The summed E-state index contributed by atoms with van der Waals surface area (Å²) in [6.07, 6.45) is 1.86. The van der Waals surface area contributed by atoms with Crippen LogP contribution in [0.4, 0.5) is 11.5 Å². The molecule has 0 atom stereocenters. The molecule has 0 unspecified atom stereocenters. The van der Waals surface area contributed by atoms with E-state index in [1.54, 1.807) is 7.11 Å². The van der Waals surface area contributed by atoms with E-state index in [4.69, 9.17) is 4.74 Å². The minimum atomic E-state index is 0.725. The maximum absolute atomic E-state index is 5.45. The lowest BCUT2D eigenvalue weighted by Gasteiger charge is -2.17. The number of fused-ring (bicyclic) bond motifs is 1. The highest BCUT2D eigenvalue weighted by molar-refractivity contribution is 5.95. The Morgan fingerprint density at radius 3 is 2.80 bits per heavy atom. The molecule has 3 aromatic rings. The van der Waals surface area contributed by atoms with E-state index in [2.05, 4.69) is 45.3 Å². The van der Waals surface area contributed by atoms with E-state index in [-0.39, 0.29) is 0 Å². The van der Waals surface area contributed by atoms with Crippen LogP contribution in [0.25, 0.3) is 10.9 Å². The Kier molecular flexibility index (Phi) is 5.03. The number of pyridine rings is 2. The van der Waals surface area contributed by atoms with E-state index in [0.717, 1.165) is 46.9 Å². The summed E-state index contributed by atoms with van der Waals surface area (Å²) in [5.41, 5.74) is 4.09. The van der Waals surface area contributed by atoms with Crippen LogP contribution in [-0.4, -0.2) is 30.7 Å². The first-order chi connectivity index (χ1) is 12.1. The SMILES string of the molecule is CCN(C)c1cc(CNc2cc(C)nc3c(OC)cccc23)ccn1. The normalized spacial score (nSPS) is 10.7. The van der Waals surface area contributed by atoms with Gasteiger partial charge in [-0.2, -0.15) is 0 Å². The molecule has 1 aromatic carbocycles. The van der Waals surface area contributed by atoms with E-state index in [1.165, 1.54) is 5.56 Å². The second-order valence-electron chi connectivity index (χ2n) is 6.06. The van der Waals surface area contributed by atoms with Gasteiger partial charge in [0.05, 0.1) is 7.11 Å². The van der Waals surface area contributed by atoms with Gasteiger partial charge in [-0.25, -0.2) is 9.97 Å². The summed E-state index contributed by atoms with van der Waals surface area (Å²) in [6.45, 7) is 5.77. The Morgan fingerprint density at radius 2 is 2.04 bits per heavy atom. The summed E-state index contributed by atoms with van der Waals surface area (Å²) in [5, 5.41) is 4.60. The fourth-order valence-corrected chi connectivity index (χ4v) is 2.80. The predicted molar refractivity (Wildman–Crippen MR) is 104 cm³/mol. The van der Waals surface area contributed by atoms with Crippen molar-refractivity contribution in [3.05, 3.63) is 53.9 Å². The average Bonchev–Trinajstić information content (AvgIpc) is 2.65. The van der Waals surface area contributed by atoms with Crippen LogP contribution in [0.15, 0.2) is 42.6 Å². The van der Waals surface area contributed by atoms with Gasteiger partial charge in [0, 0.05) is 43.1 Å². The molecule has 25 heavy (non-hydrogen) atoms. The Morgan fingerprint density at radius 1 is 1.20 bits per heavy atom. The zero-order chi connectivity index (χ0) is 17.8. The van der Waals surface area contributed by atoms with Crippen molar-refractivity contribution in [3.63, 3.8) is 0 Å². The molecule has 130 valence electrons. The van der Waals surface area contributed by atoms with Crippen LogP contribution in [0.5, 0.6) is 5.75 Å². The van der Waals surface area contributed by atoms with Crippen molar-refractivity contribution in [3.8, 4) is 5.75 Å². The number of hydrogen-bond acceptors (Lipinski definition) is 5. The molecule has 2 heterocycles. The highest BCUT2D eigenvalue weighted by atomic mass is 16.5. The van der Waals surface area contributed by atoms with Crippen LogP contribution in [0, 0.1) is 6.92 Å². The summed E-state index contributed by atoms with van der Waals surface area (Å²) in [4.78, 5) is 11.2. The van der Waals surface area contributed by atoms with Crippen molar-refractivity contribution >= 4 is 22.4 Å². The lowest BCUT2D eigenvalue weighted by atomic mass is 10.1. The number of nitrogens with one attached hydrogen (secondary N) is 1. The van der Waals surface area contributed by atoms with Crippen molar-refractivity contribution < 1.29 is 4.74 Å². The first-order valence-corrected chi connectivity index (χ1v) is 8.46. The van der Waals surface area contributed by atoms with Crippen LogP contribution >= 0.6 is 0 Å². The van der Waals surface area contributed by atoms with Gasteiger partial charge in [-0.3, -0.25) is 0 Å². The van der Waals surface area contributed by atoms with Crippen molar-refractivity contribution in [2.75, 3.05) is 30.9 Å². The van der Waals surface area contributed by atoms with E-state index < -0.39 is 0 Å². The number of hydrogen-bond donors (Lipinski definition) is 1. The average molecular weight is 336 g/mol. The summed E-state index contributed by atoms with van der Waals surface area (Å²) < 4.78 is 5.45. The highest BCUT2D eigenvalue weighted by Crippen LogP contribution is 2.30. The number of methoxy groups -OCH3 is 1. The molecule has 2 aromatic heterocycles. The molecule has 0 bridgehead atoms. The van der Waals surface area contributed by atoms with E-state index in [1.807, 2.05) is 38.4 Å². The zero-order valence-electron chi connectivity index (χ0n) is 15.2. The summed E-state index contributed by atoms with van der Waals surface area (Å²) in [6, 6.07) is 12.2. The van der Waals surface area contributed by atoms with Gasteiger partial charge >= 0.3 is 0 Å². The molecule has 0 amide bonds. The van der Waals surface area contributed by atoms with Crippen molar-refractivity contribution in [1.82, 2.24) is 9.97 Å². The topological polar surface area (TPSA) is 50.3 Å². The van der Waals surface area contributed by atoms with E-state index in [9.17, 15) is 0 Å². The van der Waals surface area contributed by atoms with Gasteiger partial charge in [-0.15, -0.1) is 0 Å². The minimum Gasteiger partial charge on any atom is -0.494 e. The number of aromatic nitrogens is 2. The summed E-state index contributed by atoms with van der Waals surface area (Å²) in [5.74, 6) is 1.78. The van der Waals surface area contributed by atoms with Gasteiger partial charge in [0.25, 0.3) is 0 Å². The lowest BCUT2D eigenvalue weighted by Crippen LogP contribution is -2.17. The lowest BCUT2D eigenvalue weighted by molar-refractivity contribution is 0.419. The van der Waals surface area contributed by atoms with Gasteiger partial charge in [0.1, 0.15) is 17.1 Å². The number of ether oxygens (including phenoxy) is 1. The van der Waals surface area contributed by atoms with E-state index >= 15 is 0 Å². The Balaban J connectivity index is 1.89. The first-order valence-electron chi connectivity index (χ1n) is 8.46. The van der Waals surface area contributed by atoms with Crippen molar-refractivity contribution in [2.24, 2.45) is 0 Å². The van der Waals surface area contributed by atoms with Gasteiger partial charge < -0.3 is 15.0 Å². The molecular formula is C20H24N4O. The van der Waals surface area contributed by atoms with Gasteiger partial charge in [-0.05, 0) is 43.7 Å². The standard InChI is InChI=1S/C20H24N4O/c1-5-24(3)19-12-15(9-10-21-19)13-22-17-11-14(2)23-20-16(17)7-6-8-18(20)25-4/h6-12H,5,13H2,1-4H3,(H,22,23). The monoisotopic (exact) mass is 336 g/mol. The van der Waals surface area contributed by atoms with Crippen LogP contribution in [0.2, 0.25) is 0 Å². The van der Waals surface area contributed by atoms with Crippen LogP contribution in [0.3, 0.4) is 0 Å². The molecule has 1 N–H and O–H groups in total. The number of para-hydroxylation sites is 1. The molecule has 0 fully saturated rings. The maximum atomic E-state index is 5.45. The van der Waals surface area contributed by atoms with Gasteiger partial charge in [0.15, 0.2) is 0 Å². The third kappa shape index (κ3) is 3.65. The molecule has 3 rings (SSSR count). The molecule has 0 aliphatic carbocycles. The zero-order valence-corrected chi connectivity index (χ0v) is 15.2. The van der Waals surface area contributed by atoms with E-state index in [0.29, 0.717) is 0 Å². The smallest absolute Gasteiger partial charge is 0.145 e. The maximum Gasteiger partial charge on any atom is 0.145 e. The molecule has 0 saturated carbocycles. The third-order valence-corrected chi connectivity index (χ3v) is 4.31. The molecule has 0 aliphatic heterocycles. The Labute approximate surface area is 148 Å². The third-order valence-electron chi connectivity index (χ3n) is 4.31. The molecule has 5 heteroatoms. The molecule has 0 spiro atoms. The van der Waals surface area contributed by atoms with Crippen molar-refractivity contribution in [2.45, 2.75) is 20.4 Å². The second kappa shape index (κ2) is 7.38. The number of rotatable bonds is 6. The fourth-order valence-electron chi connectivity index (χ4n) is 2.80. The molecular weight excluding hydrogens is 312 g/mol. The molecule has 0 aliphatic rings. The van der Waals surface area contributed by atoms with Crippen LogP contribution in [-0.2, 0) is 6.54 Å². The van der Waals surface area contributed by atoms with Gasteiger partial charge in [-0.1, -0.05) is 12.1 Å². The largest absolute Gasteiger partial charge is 0.494 e. The fraction of sp³-hybridized carbons (Fsp3) is 0.300. The number of nitrogens with zero attached hydrogens (tertiary/aromatic N) is 3. The second-order valence-corrected chi connectivity index (χ2v) is 6.06.